The van der Waals surface area contributed by atoms with Gasteiger partial charge in [-0.05, 0) is 69.1 Å². The zero-order valence-electron chi connectivity index (χ0n) is 15.1. The predicted octanol–water partition coefficient (Wildman–Crippen LogP) is 7.71. The Balaban J connectivity index is 1.82. The van der Waals surface area contributed by atoms with Crippen LogP contribution in [-0.4, -0.2) is 0 Å². The van der Waals surface area contributed by atoms with Crippen molar-refractivity contribution in [2.45, 2.75) is 38.0 Å². The highest BCUT2D eigenvalue weighted by atomic mass is 14.2. The third-order valence-corrected chi connectivity index (χ3v) is 6.03. The number of fused-ring (bicyclic) bond motifs is 2. The fourth-order valence-corrected chi connectivity index (χ4v) is 4.71. The topological polar surface area (TPSA) is 0 Å². The van der Waals surface area contributed by atoms with E-state index < -0.39 is 0 Å². The molecule has 1 aliphatic carbocycles. The van der Waals surface area contributed by atoms with E-state index in [9.17, 15) is 0 Å². The van der Waals surface area contributed by atoms with E-state index in [-0.39, 0.29) is 0 Å². The predicted molar refractivity (Wildman–Crippen MR) is 113 cm³/mol. The van der Waals surface area contributed by atoms with Crippen molar-refractivity contribution in [2.75, 3.05) is 0 Å². The first-order valence-corrected chi connectivity index (χ1v) is 9.91. The monoisotopic (exact) mass is 336 g/mol. The van der Waals surface area contributed by atoms with Crippen LogP contribution in [0.25, 0.3) is 32.7 Å². The second-order valence-corrected chi connectivity index (χ2v) is 7.65. The van der Waals surface area contributed by atoms with E-state index >= 15 is 0 Å². The smallest absolute Gasteiger partial charge is 0.00703 e. The zero-order valence-corrected chi connectivity index (χ0v) is 15.1. The molecule has 0 spiro atoms. The second kappa shape index (κ2) is 6.61. The normalized spacial score (nSPS) is 15.5. The van der Waals surface area contributed by atoms with E-state index in [2.05, 4.69) is 78.9 Å². The quantitative estimate of drug-likeness (QED) is 0.329. The number of rotatable bonds is 2. The van der Waals surface area contributed by atoms with E-state index in [0.29, 0.717) is 5.92 Å². The average Bonchev–Trinajstić information content (AvgIpc) is 2.72. The van der Waals surface area contributed by atoms with Crippen LogP contribution in [-0.2, 0) is 0 Å². The summed E-state index contributed by atoms with van der Waals surface area (Å²) < 4.78 is 0. The van der Waals surface area contributed by atoms with Gasteiger partial charge in [0, 0.05) is 0 Å². The molecule has 0 aliphatic heterocycles. The van der Waals surface area contributed by atoms with Crippen LogP contribution in [0, 0.1) is 0 Å². The summed E-state index contributed by atoms with van der Waals surface area (Å²) in [6, 6.07) is 29.2. The number of hydrogen-bond donors (Lipinski definition) is 0. The van der Waals surface area contributed by atoms with Crippen LogP contribution in [0.2, 0.25) is 0 Å². The van der Waals surface area contributed by atoms with Gasteiger partial charge in [0.1, 0.15) is 0 Å². The maximum absolute atomic E-state index is 2.41. The van der Waals surface area contributed by atoms with Crippen molar-refractivity contribution in [1.82, 2.24) is 0 Å². The van der Waals surface area contributed by atoms with Gasteiger partial charge in [0.15, 0.2) is 0 Å². The Morgan fingerprint density at radius 3 is 2.04 bits per heavy atom. The summed E-state index contributed by atoms with van der Waals surface area (Å²) in [4.78, 5) is 0. The van der Waals surface area contributed by atoms with Crippen molar-refractivity contribution in [2.24, 2.45) is 0 Å². The minimum Gasteiger partial charge on any atom is -0.0622 e. The Morgan fingerprint density at radius 1 is 0.577 bits per heavy atom. The van der Waals surface area contributed by atoms with Gasteiger partial charge in [-0.1, -0.05) is 86.0 Å². The van der Waals surface area contributed by atoms with Crippen LogP contribution >= 0.6 is 0 Å². The summed E-state index contributed by atoms with van der Waals surface area (Å²) in [5.74, 6) is 0.704. The van der Waals surface area contributed by atoms with Crippen LogP contribution in [0.3, 0.4) is 0 Å². The highest BCUT2D eigenvalue weighted by Crippen LogP contribution is 2.42. The summed E-state index contributed by atoms with van der Waals surface area (Å²) in [5, 5.41) is 5.41. The van der Waals surface area contributed by atoms with Crippen LogP contribution < -0.4 is 0 Å². The molecular weight excluding hydrogens is 312 g/mol. The molecule has 4 aromatic carbocycles. The van der Waals surface area contributed by atoms with Gasteiger partial charge >= 0.3 is 0 Å². The van der Waals surface area contributed by atoms with Crippen molar-refractivity contribution in [3.8, 4) is 11.1 Å². The molecule has 1 fully saturated rings. The molecule has 4 aromatic rings. The van der Waals surface area contributed by atoms with E-state index in [4.69, 9.17) is 0 Å². The standard InChI is InChI=1S/C26H24/c1-3-9-19(10-4-1)24-16-15-23-17-21-13-7-8-14-22(21)18-25(23)26(24)20-11-5-2-6-12-20/h2,5-8,11-19H,1,3-4,9-10H2. The molecule has 128 valence electrons. The van der Waals surface area contributed by atoms with Crippen molar-refractivity contribution >= 4 is 21.5 Å². The van der Waals surface area contributed by atoms with E-state index in [1.54, 1.807) is 5.56 Å². The maximum atomic E-state index is 2.41. The molecule has 0 atom stereocenters. The summed E-state index contributed by atoms with van der Waals surface area (Å²) in [5.41, 5.74) is 4.37. The van der Waals surface area contributed by atoms with Gasteiger partial charge in [-0.3, -0.25) is 0 Å². The van der Waals surface area contributed by atoms with Gasteiger partial charge in [-0.25, -0.2) is 0 Å². The Bertz CT molecular complexity index is 1050. The molecule has 5 rings (SSSR count). The first kappa shape index (κ1) is 15.6. The van der Waals surface area contributed by atoms with Crippen LogP contribution in [0.1, 0.15) is 43.6 Å². The molecule has 0 heteroatoms. The maximum Gasteiger partial charge on any atom is -0.00703 e. The molecule has 0 amide bonds. The Labute approximate surface area is 155 Å². The molecule has 1 aliphatic rings. The Hall–Kier alpha value is -2.60. The van der Waals surface area contributed by atoms with Gasteiger partial charge < -0.3 is 0 Å². The SMILES string of the molecule is c1ccc(-c2c(C3CCCCC3)ccc3cc4ccccc4cc23)cc1. The highest BCUT2D eigenvalue weighted by molar-refractivity contribution is 6.06. The van der Waals surface area contributed by atoms with E-state index in [1.807, 2.05) is 0 Å². The summed E-state index contributed by atoms with van der Waals surface area (Å²) in [7, 11) is 0. The highest BCUT2D eigenvalue weighted by Gasteiger charge is 2.20. The van der Waals surface area contributed by atoms with Crippen LogP contribution in [0.5, 0.6) is 0 Å². The molecule has 1 saturated carbocycles. The summed E-state index contributed by atoms with van der Waals surface area (Å²) in [6.07, 6.45) is 6.80. The fraction of sp³-hybridized carbons (Fsp3) is 0.231. The second-order valence-electron chi connectivity index (χ2n) is 7.65. The lowest BCUT2D eigenvalue weighted by molar-refractivity contribution is 0.444. The fourth-order valence-electron chi connectivity index (χ4n) is 4.71. The average molecular weight is 336 g/mol. The lowest BCUT2D eigenvalue weighted by Gasteiger charge is -2.26. The molecule has 0 nitrogen and oxygen atoms in total. The number of benzene rings is 4. The van der Waals surface area contributed by atoms with Gasteiger partial charge in [0.05, 0.1) is 0 Å². The summed E-state index contributed by atoms with van der Waals surface area (Å²) in [6.45, 7) is 0. The van der Waals surface area contributed by atoms with Gasteiger partial charge in [-0.15, -0.1) is 0 Å². The third kappa shape index (κ3) is 2.70. The molecule has 0 aromatic heterocycles. The van der Waals surface area contributed by atoms with Crippen molar-refractivity contribution in [3.05, 3.63) is 84.4 Å². The Morgan fingerprint density at radius 2 is 1.27 bits per heavy atom. The van der Waals surface area contributed by atoms with Crippen LogP contribution in [0.4, 0.5) is 0 Å². The molecule has 0 saturated heterocycles. The first-order valence-electron chi connectivity index (χ1n) is 9.91. The van der Waals surface area contributed by atoms with Gasteiger partial charge in [-0.2, -0.15) is 0 Å². The van der Waals surface area contributed by atoms with Gasteiger partial charge in [0.25, 0.3) is 0 Å². The van der Waals surface area contributed by atoms with E-state index in [1.165, 1.54) is 64.8 Å². The minimum absolute atomic E-state index is 0.704. The van der Waals surface area contributed by atoms with Crippen LogP contribution in [0.15, 0.2) is 78.9 Å². The molecule has 0 N–H and O–H groups in total. The molecule has 0 radical (unpaired) electrons. The Kier molecular flexibility index (Phi) is 3.97. The number of hydrogen-bond acceptors (Lipinski definition) is 0. The molecule has 0 bridgehead atoms. The largest absolute Gasteiger partial charge is 0.0622 e. The van der Waals surface area contributed by atoms with Crippen molar-refractivity contribution in [1.29, 1.82) is 0 Å². The molecule has 0 unspecified atom stereocenters. The first-order chi connectivity index (χ1) is 12.9. The molecule has 26 heavy (non-hydrogen) atoms. The summed E-state index contributed by atoms with van der Waals surface area (Å²) >= 11 is 0. The van der Waals surface area contributed by atoms with Crippen molar-refractivity contribution < 1.29 is 0 Å². The lowest BCUT2D eigenvalue weighted by Crippen LogP contribution is -2.06. The molecule has 0 heterocycles. The van der Waals surface area contributed by atoms with Gasteiger partial charge in [0.2, 0.25) is 0 Å². The third-order valence-electron chi connectivity index (χ3n) is 6.03. The minimum atomic E-state index is 0.704. The lowest BCUT2D eigenvalue weighted by atomic mass is 9.79. The molecular formula is C26H24. The zero-order chi connectivity index (χ0) is 17.3. The van der Waals surface area contributed by atoms with Crippen molar-refractivity contribution in [3.63, 3.8) is 0 Å². The van der Waals surface area contributed by atoms with E-state index in [0.717, 1.165) is 0 Å².